The van der Waals surface area contributed by atoms with Crippen molar-refractivity contribution in [1.29, 1.82) is 0 Å². The van der Waals surface area contributed by atoms with Crippen LogP contribution >= 0.6 is 0 Å². The average Bonchev–Trinajstić information content (AvgIpc) is 2.34. The molecule has 14 nitrogen and oxygen atoms in total. The van der Waals surface area contributed by atoms with Crippen LogP contribution in [0.1, 0.15) is 12.8 Å². The Bertz CT molecular complexity index is 540. The van der Waals surface area contributed by atoms with Gasteiger partial charge in [0.05, 0.1) is 23.9 Å². The van der Waals surface area contributed by atoms with E-state index in [1.165, 1.54) is 0 Å². The van der Waals surface area contributed by atoms with E-state index in [1.807, 2.05) is 0 Å². The summed E-state index contributed by atoms with van der Waals surface area (Å²) in [5.74, 6) is -10.7. The minimum Gasteiger partial charge on any atom is -0.550 e. The van der Waals surface area contributed by atoms with Crippen molar-refractivity contribution in [3.05, 3.63) is 0 Å². The fraction of sp³-hybridized carbons (Fsp3) is 0.500. The molecule has 21 heteroatoms. The standard InChI is InChI=1S/C6H9NO6.C6H8O7.7Na/c8-4(9)1-7(2-5(10)11)3-6(12)13;7-3(8)1-6(13,5(11)12)2-4(9)10;;;;;;;/h1-3H2,(H,8,9)(H,10,11)(H,12,13);13H,1-2H2,(H,7,8)(H,9,10)(H,11,12);;;;;;;/q;;7*+1/p-6. The minimum absolute atomic E-state index is 0. The van der Waals surface area contributed by atoms with E-state index in [-0.39, 0.29) is 207 Å². The van der Waals surface area contributed by atoms with Crippen LogP contribution in [-0.2, 0) is 28.8 Å². The van der Waals surface area contributed by atoms with Crippen molar-refractivity contribution in [3.63, 3.8) is 0 Å². The van der Waals surface area contributed by atoms with Gasteiger partial charge in [0.2, 0.25) is 0 Å². The SMILES string of the molecule is O=C([O-])CC(O)(CC(=O)[O-])C(=O)[O-].O=C([O-])CN(CC(=O)[O-])CC(=O)[O-].[Na+].[Na+].[Na+].[Na+].[Na+].[Na+].[Na+]. The third-order valence-corrected chi connectivity index (χ3v) is 2.31. The number of nitrogens with zero attached hydrogens (tertiary/aromatic N) is 1. The summed E-state index contributed by atoms with van der Waals surface area (Å²) in [6, 6.07) is 0. The molecule has 0 aliphatic carbocycles. The molecule has 0 saturated carbocycles. The Balaban J connectivity index is -0.0000000411. The van der Waals surface area contributed by atoms with Crippen molar-refractivity contribution in [2.75, 3.05) is 19.6 Å². The van der Waals surface area contributed by atoms with Gasteiger partial charge >= 0.3 is 207 Å². The van der Waals surface area contributed by atoms with Gasteiger partial charge in [-0.1, -0.05) is 0 Å². The Morgan fingerprint density at radius 1 is 0.515 bits per heavy atom. The second-order valence-corrected chi connectivity index (χ2v) is 4.68. The van der Waals surface area contributed by atoms with E-state index >= 15 is 0 Å². The fourth-order valence-electron chi connectivity index (χ4n) is 1.40. The molecule has 0 aromatic carbocycles. The topological polar surface area (TPSA) is 264 Å². The Hall–Kier alpha value is 3.74. The molecule has 1 N–H and O–H groups in total. The van der Waals surface area contributed by atoms with Crippen LogP contribution in [0.5, 0.6) is 0 Å². The summed E-state index contributed by atoms with van der Waals surface area (Å²) in [6.45, 7) is -2.37. The zero-order valence-corrected chi connectivity index (χ0v) is 33.8. The molecule has 0 saturated heterocycles. The normalized spacial score (nSPS) is 8.18. The van der Waals surface area contributed by atoms with Gasteiger partial charge in [-0.2, -0.15) is 0 Å². The van der Waals surface area contributed by atoms with Gasteiger partial charge in [0.15, 0.2) is 0 Å². The Morgan fingerprint density at radius 3 is 0.848 bits per heavy atom. The first kappa shape index (κ1) is 61.0. The number of carboxylic acids is 6. The quantitative estimate of drug-likeness (QED) is 0.240. The van der Waals surface area contributed by atoms with E-state index in [1.54, 1.807) is 0 Å². The van der Waals surface area contributed by atoms with Gasteiger partial charge in [-0.05, 0) is 0 Å². The first-order valence-electron chi connectivity index (χ1n) is 6.35. The monoisotopic (exact) mass is 538 g/mol. The minimum atomic E-state index is -2.97. The number of carboxylic acid groups (broad SMARTS) is 6. The summed E-state index contributed by atoms with van der Waals surface area (Å²) >= 11 is 0. The smallest absolute Gasteiger partial charge is 0.550 e. The summed E-state index contributed by atoms with van der Waals surface area (Å²) < 4.78 is 0. The molecule has 0 unspecified atom stereocenters. The predicted molar refractivity (Wildman–Crippen MR) is 60.7 cm³/mol. The van der Waals surface area contributed by atoms with Crippen LogP contribution in [0.25, 0.3) is 0 Å². The van der Waals surface area contributed by atoms with Crippen molar-refractivity contribution in [3.8, 4) is 0 Å². The first-order chi connectivity index (χ1) is 11.7. The fourth-order valence-corrected chi connectivity index (χ4v) is 1.40. The van der Waals surface area contributed by atoms with Crippen molar-refractivity contribution < 1.29 is 271 Å². The maximum absolute atomic E-state index is 10.1. The number of aliphatic hydroxyl groups is 1. The van der Waals surface area contributed by atoms with Crippen LogP contribution in [-0.4, -0.2) is 71.1 Å². The third-order valence-electron chi connectivity index (χ3n) is 2.31. The van der Waals surface area contributed by atoms with Crippen molar-refractivity contribution in [2.45, 2.75) is 18.4 Å². The van der Waals surface area contributed by atoms with Gasteiger partial charge < -0.3 is 64.5 Å². The molecular formula is C12H11NNa7O13+. The molecule has 0 bridgehead atoms. The molecule has 148 valence electrons. The van der Waals surface area contributed by atoms with Gasteiger partial charge in [-0.15, -0.1) is 0 Å². The van der Waals surface area contributed by atoms with Crippen LogP contribution in [0.4, 0.5) is 0 Å². The maximum atomic E-state index is 10.1. The van der Waals surface area contributed by atoms with Crippen molar-refractivity contribution in [2.24, 2.45) is 0 Å². The molecule has 0 amide bonds. The number of rotatable bonds is 11. The molecule has 0 heterocycles. The molecule has 0 aromatic heterocycles. The third kappa shape index (κ3) is 40.4. The van der Waals surface area contributed by atoms with Crippen LogP contribution in [0.15, 0.2) is 0 Å². The van der Waals surface area contributed by atoms with Gasteiger partial charge in [0.1, 0.15) is 5.60 Å². The molecule has 0 aliphatic rings. The van der Waals surface area contributed by atoms with Crippen LogP contribution in [0.2, 0.25) is 0 Å². The van der Waals surface area contributed by atoms with Gasteiger partial charge in [-0.3, -0.25) is 4.90 Å². The van der Waals surface area contributed by atoms with Gasteiger partial charge in [0, 0.05) is 44.4 Å². The molecule has 0 spiro atoms. The maximum Gasteiger partial charge on any atom is 1.00 e. The van der Waals surface area contributed by atoms with E-state index in [2.05, 4.69) is 0 Å². The largest absolute Gasteiger partial charge is 1.00 e. The first-order valence-corrected chi connectivity index (χ1v) is 6.35. The summed E-state index contributed by atoms with van der Waals surface area (Å²) in [5, 5.41) is 68.9. The average molecular weight is 538 g/mol. The molecule has 0 aromatic rings. The van der Waals surface area contributed by atoms with E-state index in [0.717, 1.165) is 0 Å². The number of hydrogen-bond acceptors (Lipinski definition) is 14. The van der Waals surface area contributed by atoms with Crippen molar-refractivity contribution >= 4 is 35.8 Å². The number of carbonyl (C=O) groups is 6. The Kier molecular flexibility index (Phi) is 62.4. The Morgan fingerprint density at radius 2 is 0.727 bits per heavy atom. The number of aliphatic carboxylic acids is 6. The van der Waals surface area contributed by atoms with Gasteiger partial charge in [-0.25, -0.2) is 0 Å². The molecule has 0 radical (unpaired) electrons. The van der Waals surface area contributed by atoms with E-state index in [9.17, 15) is 59.4 Å². The van der Waals surface area contributed by atoms with Crippen LogP contribution in [0, 0.1) is 0 Å². The molecule has 0 aliphatic heterocycles. The molecule has 0 atom stereocenters. The van der Waals surface area contributed by atoms with Crippen LogP contribution < -0.4 is 238 Å². The molecular weight excluding hydrogens is 527 g/mol. The van der Waals surface area contributed by atoms with Crippen LogP contribution in [0.3, 0.4) is 0 Å². The summed E-state index contributed by atoms with van der Waals surface area (Å²) in [4.78, 5) is 60.6. The van der Waals surface area contributed by atoms with E-state index in [4.69, 9.17) is 5.11 Å². The Labute approximate surface area is 343 Å². The molecule has 0 fully saturated rings. The summed E-state index contributed by atoms with van der Waals surface area (Å²) in [7, 11) is 0. The zero-order chi connectivity index (χ0) is 21.1. The van der Waals surface area contributed by atoms with E-state index in [0.29, 0.717) is 4.90 Å². The number of hydrogen-bond donors (Lipinski definition) is 1. The van der Waals surface area contributed by atoms with E-state index < -0.39 is 73.9 Å². The summed E-state index contributed by atoms with van der Waals surface area (Å²) in [6.07, 6.45) is -2.72. The number of carbonyl (C=O) groups excluding carboxylic acids is 6. The van der Waals surface area contributed by atoms with Crippen molar-refractivity contribution in [1.82, 2.24) is 4.90 Å². The summed E-state index contributed by atoms with van der Waals surface area (Å²) in [5.41, 5.74) is -2.97. The molecule has 33 heavy (non-hydrogen) atoms. The van der Waals surface area contributed by atoms with Gasteiger partial charge in [0.25, 0.3) is 0 Å². The predicted octanol–water partition coefficient (Wildman–Crippen LogP) is -31.7. The second kappa shape index (κ2) is 33.8. The second-order valence-electron chi connectivity index (χ2n) is 4.68. The molecule has 0 rings (SSSR count). The zero-order valence-electron chi connectivity index (χ0n) is 19.8.